The quantitative estimate of drug-likeness (QED) is 0.872. The van der Waals surface area contributed by atoms with Gasteiger partial charge in [0, 0.05) is 17.1 Å². The van der Waals surface area contributed by atoms with Crippen molar-refractivity contribution >= 4 is 28.3 Å². The maximum absolute atomic E-state index is 11.8. The number of hydrogen-bond acceptors (Lipinski definition) is 5. The first-order valence-corrected chi connectivity index (χ1v) is 6.61. The number of nitrogens with one attached hydrogen (secondary N) is 1. The van der Waals surface area contributed by atoms with Crippen LogP contribution in [0.25, 0.3) is 0 Å². The predicted molar refractivity (Wildman–Crippen MR) is 70.0 cm³/mol. The van der Waals surface area contributed by atoms with Gasteiger partial charge in [-0.15, -0.1) is 11.3 Å². The van der Waals surface area contributed by atoms with Crippen LogP contribution in [-0.2, 0) is 9.53 Å². The number of aromatic nitrogens is 1. The van der Waals surface area contributed by atoms with Crippen LogP contribution in [0.1, 0.15) is 28.4 Å². The second kappa shape index (κ2) is 4.81. The van der Waals surface area contributed by atoms with Crippen molar-refractivity contribution in [1.82, 2.24) is 4.98 Å². The van der Waals surface area contributed by atoms with Crippen LogP contribution in [0.15, 0.2) is 35.8 Å². The number of hydrogen-bond donors (Lipinski definition) is 1. The first-order chi connectivity index (χ1) is 9.24. The maximum Gasteiger partial charge on any atom is 0.339 e. The minimum absolute atomic E-state index is 0.0995. The van der Waals surface area contributed by atoms with Crippen molar-refractivity contribution in [3.63, 3.8) is 0 Å². The molecule has 2 heterocycles. The Morgan fingerprint density at radius 2 is 2.26 bits per heavy atom. The Morgan fingerprint density at radius 3 is 3.05 bits per heavy atom. The number of benzene rings is 1. The van der Waals surface area contributed by atoms with Crippen LogP contribution in [0.5, 0.6) is 0 Å². The molecule has 6 heteroatoms. The molecule has 1 N–H and O–H groups in total. The topological polar surface area (TPSA) is 68.3 Å². The highest BCUT2D eigenvalue weighted by atomic mass is 32.1. The summed E-state index contributed by atoms with van der Waals surface area (Å²) in [5.74, 6) is -0.591. The van der Waals surface area contributed by atoms with Gasteiger partial charge < -0.3 is 10.1 Å². The van der Waals surface area contributed by atoms with E-state index < -0.39 is 6.10 Å². The zero-order valence-electron chi connectivity index (χ0n) is 9.83. The van der Waals surface area contributed by atoms with E-state index >= 15 is 0 Å². The average molecular weight is 274 g/mol. The zero-order chi connectivity index (χ0) is 13.2. The van der Waals surface area contributed by atoms with E-state index in [1.54, 1.807) is 23.7 Å². The monoisotopic (exact) mass is 274 g/mol. The summed E-state index contributed by atoms with van der Waals surface area (Å²) < 4.78 is 5.20. The van der Waals surface area contributed by atoms with Crippen molar-refractivity contribution in [3.05, 3.63) is 47.0 Å². The second-order valence-electron chi connectivity index (χ2n) is 4.07. The first kappa shape index (κ1) is 11.9. The van der Waals surface area contributed by atoms with Gasteiger partial charge in [-0.25, -0.2) is 9.78 Å². The molecule has 96 valence electrons. The third kappa shape index (κ3) is 2.34. The second-order valence-corrected chi connectivity index (χ2v) is 4.97. The van der Waals surface area contributed by atoms with Crippen LogP contribution in [0.3, 0.4) is 0 Å². The molecule has 2 aromatic rings. The van der Waals surface area contributed by atoms with E-state index in [1.165, 1.54) is 11.3 Å². The lowest BCUT2D eigenvalue weighted by Crippen LogP contribution is -2.15. The molecule has 5 nitrogen and oxygen atoms in total. The molecular weight excluding hydrogens is 264 g/mol. The van der Waals surface area contributed by atoms with Crippen LogP contribution in [0.2, 0.25) is 0 Å². The summed E-state index contributed by atoms with van der Waals surface area (Å²) in [5, 5.41) is 4.99. The Morgan fingerprint density at radius 1 is 1.42 bits per heavy atom. The van der Waals surface area contributed by atoms with Crippen molar-refractivity contribution in [2.24, 2.45) is 0 Å². The summed E-state index contributed by atoms with van der Waals surface area (Å²) in [5.41, 5.74) is 1.30. The van der Waals surface area contributed by atoms with E-state index in [2.05, 4.69) is 10.3 Å². The molecule has 1 aliphatic rings. The van der Waals surface area contributed by atoms with Crippen molar-refractivity contribution in [2.45, 2.75) is 12.5 Å². The largest absolute Gasteiger partial charge is 0.453 e. The van der Waals surface area contributed by atoms with E-state index in [4.69, 9.17) is 4.74 Å². The van der Waals surface area contributed by atoms with Gasteiger partial charge in [0.2, 0.25) is 5.91 Å². The minimum atomic E-state index is -0.510. The Labute approximate surface area is 113 Å². The summed E-state index contributed by atoms with van der Waals surface area (Å²) in [6, 6.07) is 7.11. The van der Waals surface area contributed by atoms with Gasteiger partial charge in [-0.05, 0) is 6.07 Å². The third-order valence-corrected chi connectivity index (χ3v) is 3.51. The molecule has 1 unspecified atom stereocenters. The fraction of sp³-hybridized carbons (Fsp3) is 0.154. The van der Waals surface area contributed by atoms with E-state index in [-0.39, 0.29) is 18.3 Å². The molecule has 19 heavy (non-hydrogen) atoms. The standard InChI is InChI=1S/C13H10N2O3S/c16-11(15-13-14-5-6-19-13)7-10-8-3-1-2-4-9(8)12(17)18-10/h1-6,10H,7H2,(H,14,15,16). The summed E-state index contributed by atoms with van der Waals surface area (Å²) in [6.45, 7) is 0. The molecule has 0 aliphatic carbocycles. The molecule has 1 aliphatic heterocycles. The molecule has 1 amide bonds. The van der Waals surface area contributed by atoms with Gasteiger partial charge in [0.15, 0.2) is 5.13 Å². The van der Waals surface area contributed by atoms with Gasteiger partial charge >= 0.3 is 5.97 Å². The van der Waals surface area contributed by atoms with E-state index in [0.29, 0.717) is 10.7 Å². The molecule has 0 bridgehead atoms. The lowest BCUT2D eigenvalue weighted by atomic mass is 10.0. The maximum atomic E-state index is 11.8. The number of cyclic esters (lactones) is 1. The lowest BCUT2D eigenvalue weighted by molar-refractivity contribution is -0.118. The van der Waals surface area contributed by atoms with Crippen LogP contribution in [-0.4, -0.2) is 16.9 Å². The Bertz CT molecular complexity index is 625. The SMILES string of the molecule is O=C(CC1OC(=O)c2ccccc21)Nc1nccs1. The van der Waals surface area contributed by atoms with Crippen LogP contribution >= 0.6 is 11.3 Å². The number of thiazole rings is 1. The zero-order valence-corrected chi connectivity index (χ0v) is 10.6. The number of amides is 1. The molecule has 3 rings (SSSR count). The smallest absolute Gasteiger partial charge is 0.339 e. The molecule has 1 atom stereocenters. The molecule has 0 spiro atoms. The number of fused-ring (bicyclic) bond motifs is 1. The summed E-state index contributed by atoms with van der Waals surface area (Å²) >= 11 is 1.34. The van der Waals surface area contributed by atoms with Gasteiger partial charge in [0.05, 0.1) is 12.0 Å². The predicted octanol–water partition coefficient (Wildman–Crippen LogP) is 2.38. The summed E-state index contributed by atoms with van der Waals surface area (Å²) in [6.07, 6.45) is 1.21. The fourth-order valence-electron chi connectivity index (χ4n) is 2.00. The van der Waals surface area contributed by atoms with Crippen molar-refractivity contribution < 1.29 is 14.3 Å². The summed E-state index contributed by atoms with van der Waals surface area (Å²) in [4.78, 5) is 27.4. The van der Waals surface area contributed by atoms with Crippen molar-refractivity contribution in [2.75, 3.05) is 5.32 Å². The molecule has 1 aromatic heterocycles. The van der Waals surface area contributed by atoms with Crippen molar-refractivity contribution in [1.29, 1.82) is 0 Å². The average Bonchev–Trinajstić information content (AvgIpc) is 3.00. The highest BCUT2D eigenvalue weighted by Gasteiger charge is 2.32. The number of esters is 1. The van der Waals surface area contributed by atoms with Crippen molar-refractivity contribution in [3.8, 4) is 0 Å². The molecule has 0 radical (unpaired) electrons. The first-order valence-electron chi connectivity index (χ1n) is 5.73. The Balaban J connectivity index is 1.71. The van der Waals surface area contributed by atoms with E-state index in [1.807, 2.05) is 12.1 Å². The molecule has 0 saturated carbocycles. The van der Waals surface area contributed by atoms with E-state index in [0.717, 1.165) is 5.56 Å². The van der Waals surface area contributed by atoms with Crippen LogP contribution < -0.4 is 5.32 Å². The highest BCUT2D eigenvalue weighted by molar-refractivity contribution is 7.13. The van der Waals surface area contributed by atoms with E-state index in [9.17, 15) is 9.59 Å². The number of nitrogens with zero attached hydrogens (tertiary/aromatic N) is 1. The number of anilines is 1. The molecular formula is C13H10N2O3S. The van der Waals surface area contributed by atoms with Gasteiger partial charge in [0.1, 0.15) is 6.10 Å². The normalized spacial score (nSPS) is 16.8. The van der Waals surface area contributed by atoms with Gasteiger partial charge in [-0.2, -0.15) is 0 Å². The van der Waals surface area contributed by atoms with Crippen LogP contribution in [0.4, 0.5) is 5.13 Å². The van der Waals surface area contributed by atoms with Gasteiger partial charge in [-0.3, -0.25) is 4.79 Å². The molecule has 1 aromatic carbocycles. The van der Waals surface area contributed by atoms with Crippen LogP contribution in [0, 0.1) is 0 Å². The fourth-order valence-corrected chi connectivity index (χ4v) is 2.54. The lowest BCUT2D eigenvalue weighted by Gasteiger charge is -2.09. The molecule has 0 saturated heterocycles. The minimum Gasteiger partial charge on any atom is -0.453 e. The third-order valence-electron chi connectivity index (χ3n) is 2.83. The Kier molecular flexibility index (Phi) is 3.00. The summed E-state index contributed by atoms with van der Waals surface area (Å²) in [7, 11) is 0. The van der Waals surface area contributed by atoms with Gasteiger partial charge in [-0.1, -0.05) is 18.2 Å². The van der Waals surface area contributed by atoms with Gasteiger partial charge in [0.25, 0.3) is 0 Å². The highest BCUT2D eigenvalue weighted by Crippen LogP contribution is 2.32. The number of carbonyl (C=O) groups excluding carboxylic acids is 2. The Hall–Kier alpha value is -2.21. The molecule has 0 fully saturated rings. The number of carbonyl (C=O) groups is 2. The number of ether oxygens (including phenoxy) is 1. The number of rotatable bonds is 3.